The Hall–Kier alpha value is -2.15. The summed E-state index contributed by atoms with van der Waals surface area (Å²) in [6.07, 6.45) is 0.829. The molecule has 124 valence electrons. The molecule has 7 heteroatoms. The van der Waals surface area contributed by atoms with Gasteiger partial charge in [0.1, 0.15) is 29.8 Å². The Bertz CT molecular complexity index is 617. The largest absolute Gasteiger partial charge is 0.491 e. The lowest BCUT2D eigenvalue weighted by Gasteiger charge is -2.22. The maximum Gasteiger partial charge on any atom is 0.325 e. The van der Waals surface area contributed by atoms with Crippen LogP contribution < -0.4 is 10.1 Å². The molecule has 2 N–H and O–H groups in total. The first-order valence-corrected chi connectivity index (χ1v) is 7.60. The highest BCUT2D eigenvalue weighted by atomic mass is 19.1. The van der Waals surface area contributed by atoms with Gasteiger partial charge in [-0.15, -0.1) is 0 Å². The van der Waals surface area contributed by atoms with Crippen LogP contribution in [0.1, 0.15) is 19.8 Å². The molecule has 1 aliphatic heterocycles. The average molecular weight is 322 g/mol. The highest BCUT2D eigenvalue weighted by Gasteiger charge is 2.56. The molecule has 1 saturated heterocycles. The monoisotopic (exact) mass is 322 g/mol. The smallest absolute Gasteiger partial charge is 0.325 e. The van der Waals surface area contributed by atoms with Crippen molar-refractivity contribution in [3.8, 4) is 5.75 Å². The topological polar surface area (TPSA) is 78.9 Å². The number of carbonyl (C=O) groups is 2. The van der Waals surface area contributed by atoms with Gasteiger partial charge < -0.3 is 15.2 Å². The van der Waals surface area contributed by atoms with E-state index in [-0.39, 0.29) is 30.8 Å². The third-order valence-corrected chi connectivity index (χ3v) is 4.34. The van der Waals surface area contributed by atoms with E-state index in [0.29, 0.717) is 5.75 Å². The number of hydrogen-bond donors (Lipinski definition) is 2. The Morgan fingerprint density at radius 1 is 1.39 bits per heavy atom. The number of amides is 3. The summed E-state index contributed by atoms with van der Waals surface area (Å²) >= 11 is 0. The summed E-state index contributed by atoms with van der Waals surface area (Å²) in [6, 6.07) is 4.91. The number of benzene rings is 1. The summed E-state index contributed by atoms with van der Waals surface area (Å²) in [6.45, 7) is 1.50. The highest BCUT2D eigenvalue weighted by Crippen LogP contribution is 2.42. The van der Waals surface area contributed by atoms with E-state index in [4.69, 9.17) is 4.74 Å². The zero-order chi connectivity index (χ0) is 16.6. The number of β-amino-alcohol motifs (C(OH)–C–C–N with tert-alkyl or cyclic N) is 1. The van der Waals surface area contributed by atoms with Crippen molar-refractivity contribution in [3.63, 3.8) is 0 Å². The SMILES string of the molecule is C[C@]1(C2CC2)NC(=O)N(C[C@@H](O)COc2ccc(F)cc2)C1=O. The molecule has 2 aliphatic rings. The van der Waals surface area contributed by atoms with Crippen molar-refractivity contribution < 1.29 is 23.8 Å². The third-order valence-electron chi connectivity index (χ3n) is 4.34. The molecule has 2 fully saturated rings. The first-order chi connectivity index (χ1) is 10.9. The zero-order valence-electron chi connectivity index (χ0n) is 12.8. The predicted octanol–water partition coefficient (Wildman–Crippen LogP) is 1.29. The maximum absolute atomic E-state index is 12.8. The second-order valence-corrected chi connectivity index (χ2v) is 6.24. The normalized spacial score (nSPS) is 25.4. The van der Waals surface area contributed by atoms with Crippen LogP contribution in [-0.4, -0.2) is 46.7 Å². The van der Waals surface area contributed by atoms with Crippen LogP contribution in [0.25, 0.3) is 0 Å². The first-order valence-electron chi connectivity index (χ1n) is 7.60. The van der Waals surface area contributed by atoms with E-state index >= 15 is 0 Å². The van der Waals surface area contributed by atoms with Gasteiger partial charge in [0.15, 0.2) is 0 Å². The minimum atomic E-state index is -1.02. The Labute approximate surface area is 133 Å². The number of imide groups is 1. The van der Waals surface area contributed by atoms with Crippen molar-refractivity contribution in [2.24, 2.45) is 5.92 Å². The summed E-state index contributed by atoms with van der Waals surface area (Å²) in [5.41, 5.74) is -0.853. The van der Waals surface area contributed by atoms with Crippen molar-refractivity contribution in [2.45, 2.75) is 31.4 Å². The number of nitrogens with one attached hydrogen (secondary N) is 1. The number of aliphatic hydroxyl groups is 1. The molecule has 1 aliphatic carbocycles. The summed E-state index contributed by atoms with van der Waals surface area (Å²) in [5.74, 6) is -0.0931. The fraction of sp³-hybridized carbons (Fsp3) is 0.500. The Morgan fingerprint density at radius 2 is 2.04 bits per heavy atom. The fourth-order valence-corrected chi connectivity index (χ4v) is 2.81. The van der Waals surface area contributed by atoms with Crippen molar-refractivity contribution in [2.75, 3.05) is 13.2 Å². The van der Waals surface area contributed by atoms with Gasteiger partial charge in [0.2, 0.25) is 0 Å². The van der Waals surface area contributed by atoms with Gasteiger partial charge in [0.05, 0.1) is 6.54 Å². The van der Waals surface area contributed by atoms with Crippen LogP contribution in [0, 0.1) is 11.7 Å². The minimum absolute atomic E-state index is 0.0944. The van der Waals surface area contributed by atoms with Crippen LogP contribution >= 0.6 is 0 Å². The molecule has 3 amide bonds. The number of nitrogens with zero attached hydrogens (tertiary/aromatic N) is 1. The molecule has 0 bridgehead atoms. The van der Waals surface area contributed by atoms with Gasteiger partial charge in [0.25, 0.3) is 5.91 Å². The number of halogens is 1. The first kappa shape index (κ1) is 15.7. The quantitative estimate of drug-likeness (QED) is 0.774. The zero-order valence-corrected chi connectivity index (χ0v) is 12.8. The lowest BCUT2D eigenvalue weighted by molar-refractivity contribution is -0.132. The molecule has 3 rings (SSSR count). The Balaban J connectivity index is 1.55. The van der Waals surface area contributed by atoms with E-state index in [1.54, 1.807) is 6.92 Å². The van der Waals surface area contributed by atoms with E-state index < -0.39 is 17.7 Å². The minimum Gasteiger partial charge on any atom is -0.491 e. The number of hydrogen-bond acceptors (Lipinski definition) is 4. The van der Waals surface area contributed by atoms with E-state index in [0.717, 1.165) is 17.7 Å². The number of ether oxygens (including phenoxy) is 1. The van der Waals surface area contributed by atoms with Gasteiger partial charge >= 0.3 is 6.03 Å². The molecule has 2 atom stereocenters. The van der Waals surface area contributed by atoms with E-state index in [9.17, 15) is 19.1 Å². The number of rotatable bonds is 6. The number of aliphatic hydroxyl groups excluding tert-OH is 1. The molecule has 0 unspecified atom stereocenters. The fourth-order valence-electron chi connectivity index (χ4n) is 2.81. The molecule has 1 aromatic carbocycles. The molecule has 1 heterocycles. The summed E-state index contributed by atoms with van der Waals surface area (Å²) in [7, 11) is 0. The molecular weight excluding hydrogens is 303 g/mol. The van der Waals surface area contributed by atoms with Crippen LogP contribution in [-0.2, 0) is 4.79 Å². The van der Waals surface area contributed by atoms with Crippen LogP contribution in [0.3, 0.4) is 0 Å². The molecule has 0 radical (unpaired) electrons. The van der Waals surface area contributed by atoms with Gasteiger partial charge in [-0.25, -0.2) is 9.18 Å². The molecule has 23 heavy (non-hydrogen) atoms. The molecule has 0 aromatic heterocycles. The van der Waals surface area contributed by atoms with Crippen LogP contribution in [0.4, 0.5) is 9.18 Å². The second kappa shape index (κ2) is 5.81. The maximum atomic E-state index is 12.8. The van der Waals surface area contributed by atoms with Gasteiger partial charge in [-0.1, -0.05) is 0 Å². The Morgan fingerprint density at radius 3 is 2.65 bits per heavy atom. The molecular formula is C16H19FN2O4. The van der Waals surface area contributed by atoms with Gasteiger partial charge in [0, 0.05) is 0 Å². The molecule has 6 nitrogen and oxygen atoms in total. The third kappa shape index (κ3) is 3.14. The van der Waals surface area contributed by atoms with Crippen molar-refractivity contribution in [3.05, 3.63) is 30.1 Å². The molecule has 0 spiro atoms. The van der Waals surface area contributed by atoms with Crippen molar-refractivity contribution >= 4 is 11.9 Å². The van der Waals surface area contributed by atoms with Gasteiger partial charge in [-0.2, -0.15) is 0 Å². The number of urea groups is 1. The predicted molar refractivity (Wildman–Crippen MR) is 79.3 cm³/mol. The van der Waals surface area contributed by atoms with E-state index in [2.05, 4.69) is 5.32 Å². The number of carbonyl (C=O) groups excluding carboxylic acids is 2. The standard InChI is InChI=1S/C16H19FN2O4/c1-16(10-2-3-10)14(21)19(15(22)18-16)8-12(20)9-23-13-6-4-11(17)5-7-13/h4-7,10,12,20H,2-3,8-9H2,1H3,(H,18,22)/t12-,16-/m1/s1. The Kier molecular flexibility index (Phi) is 3.97. The summed E-state index contributed by atoms with van der Waals surface area (Å²) in [4.78, 5) is 25.4. The van der Waals surface area contributed by atoms with Crippen molar-refractivity contribution in [1.29, 1.82) is 0 Å². The van der Waals surface area contributed by atoms with Crippen molar-refractivity contribution in [1.82, 2.24) is 10.2 Å². The molecule has 1 aromatic rings. The average Bonchev–Trinajstić information content (AvgIpc) is 3.33. The lowest BCUT2D eigenvalue weighted by atomic mass is 9.96. The van der Waals surface area contributed by atoms with Crippen LogP contribution in [0.5, 0.6) is 5.75 Å². The van der Waals surface area contributed by atoms with E-state index in [1.165, 1.54) is 24.3 Å². The van der Waals surface area contributed by atoms with Crippen LogP contribution in [0.2, 0.25) is 0 Å². The van der Waals surface area contributed by atoms with Gasteiger partial charge in [-0.3, -0.25) is 9.69 Å². The second-order valence-electron chi connectivity index (χ2n) is 6.24. The lowest BCUT2D eigenvalue weighted by Crippen LogP contribution is -2.46. The summed E-state index contributed by atoms with van der Waals surface area (Å²) < 4.78 is 18.1. The highest BCUT2D eigenvalue weighted by molar-refractivity contribution is 6.07. The summed E-state index contributed by atoms with van der Waals surface area (Å²) in [5, 5.41) is 12.7. The van der Waals surface area contributed by atoms with E-state index in [1.807, 2.05) is 0 Å². The molecule has 1 saturated carbocycles. The van der Waals surface area contributed by atoms with Crippen LogP contribution in [0.15, 0.2) is 24.3 Å². The van der Waals surface area contributed by atoms with Gasteiger partial charge in [-0.05, 0) is 49.9 Å².